The third-order valence-electron chi connectivity index (χ3n) is 4.31. The van der Waals surface area contributed by atoms with Crippen LogP contribution in [0.3, 0.4) is 0 Å². The summed E-state index contributed by atoms with van der Waals surface area (Å²) in [5, 5.41) is 6.91. The molecule has 1 aromatic carbocycles. The Morgan fingerprint density at radius 3 is 2.81 bits per heavy atom. The van der Waals surface area contributed by atoms with Gasteiger partial charge in [0, 0.05) is 27.2 Å². The molecule has 8 heteroatoms. The molecule has 2 rings (SSSR count). The molecule has 0 aliphatic carbocycles. The lowest BCUT2D eigenvalue weighted by Crippen LogP contribution is -2.45. The number of ether oxygens (including phenoxy) is 2. The van der Waals surface area contributed by atoms with Gasteiger partial charge in [-0.3, -0.25) is 4.79 Å². The molecule has 1 amide bonds. The number of halogens is 1. The fraction of sp³-hybridized carbons (Fsp3) is 0.579. The number of benzene rings is 1. The van der Waals surface area contributed by atoms with Crippen molar-refractivity contribution in [2.45, 2.75) is 31.9 Å². The highest BCUT2D eigenvalue weighted by atomic mass is 35.5. The molecule has 0 spiro atoms. The van der Waals surface area contributed by atoms with Crippen molar-refractivity contribution in [3.8, 4) is 5.75 Å². The van der Waals surface area contributed by atoms with Crippen LogP contribution in [-0.4, -0.2) is 63.8 Å². The van der Waals surface area contributed by atoms with E-state index < -0.39 is 0 Å². The summed E-state index contributed by atoms with van der Waals surface area (Å²) in [6, 6.07) is 5.57. The van der Waals surface area contributed by atoms with Crippen molar-refractivity contribution in [2.75, 3.05) is 40.9 Å². The highest BCUT2D eigenvalue weighted by Gasteiger charge is 2.14. The second-order valence-corrected chi connectivity index (χ2v) is 7.05. The van der Waals surface area contributed by atoms with E-state index in [1.807, 2.05) is 18.2 Å². The van der Waals surface area contributed by atoms with Gasteiger partial charge in [-0.05, 0) is 37.0 Å². The van der Waals surface area contributed by atoms with Crippen LogP contribution >= 0.6 is 11.6 Å². The average Bonchev–Trinajstić information content (AvgIpc) is 2.68. The van der Waals surface area contributed by atoms with Crippen molar-refractivity contribution in [1.29, 1.82) is 0 Å². The van der Waals surface area contributed by atoms with Crippen LogP contribution in [0.25, 0.3) is 0 Å². The van der Waals surface area contributed by atoms with E-state index in [9.17, 15) is 4.79 Å². The summed E-state index contributed by atoms with van der Waals surface area (Å²) in [7, 11) is 5.03. The first-order chi connectivity index (χ1) is 13.0. The molecule has 1 saturated heterocycles. The Hall–Kier alpha value is -1.99. The van der Waals surface area contributed by atoms with E-state index in [0.29, 0.717) is 29.8 Å². The van der Waals surface area contributed by atoms with Gasteiger partial charge in [-0.2, -0.15) is 0 Å². The molecule has 1 fully saturated rings. The number of rotatable bonds is 7. The highest BCUT2D eigenvalue weighted by Crippen LogP contribution is 2.25. The first kappa shape index (κ1) is 21.3. The van der Waals surface area contributed by atoms with Crippen LogP contribution in [-0.2, 0) is 16.1 Å². The monoisotopic (exact) mass is 396 g/mol. The summed E-state index contributed by atoms with van der Waals surface area (Å²) in [6.07, 6.45) is 3.50. The zero-order valence-electron chi connectivity index (χ0n) is 16.3. The smallest absolute Gasteiger partial charge is 0.241 e. The van der Waals surface area contributed by atoms with Crippen molar-refractivity contribution >= 4 is 23.5 Å². The van der Waals surface area contributed by atoms with Gasteiger partial charge in [0.2, 0.25) is 5.91 Å². The molecule has 1 unspecified atom stereocenters. The van der Waals surface area contributed by atoms with Crippen LogP contribution in [0.1, 0.15) is 24.8 Å². The van der Waals surface area contributed by atoms with Crippen molar-refractivity contribution in [3.05, 3.63) is 28.8 Å². The van der Waals surface area contributed by atoms with Gasteiger partial charge in [-0.15, -0.1) is 0 Å². The molecule has 7 nitrogen and oxygen atoms in total. The molecule has 150 valence electrons. The number of aliphatic imine (C=N–C) groups is 1. The van der Waals surface area contributed by atoms with Gasteiger partial charge in [0.25, 0.3) is 0 Å². The summed E-state index contributed by atoms with van der Waals surface area (Å²) in [5.74, 6) is 1.18. The first-order valence-corrected chi connectivity index (χ1v) is 9.53. The van der Waals surface area contributed by atoms with E-state index in [-0.39, 0.29) is 18.6 Å². The molecule has 1 atom stereocenters. The summed E-state index contributed by atoms with van der Waals surface area (Å²) < 4.78 is 10.9. The van der Waals surface area contributed by atoms with Crippen LogP contribution < -0.4 is 15.4 Å². The van der Waals surface area contributed by atoms with Gasteiger partial charge in [0.1, 0.15) is 5.75 Å². The molecule has 27 heavy (non-hydrogen) atoms. The van der Waals surface area contributed by atoms with Gasteiger partial charge >= 0.3 is 0 Å². The molecule has 2 N–H and O–H groups in total. The molecule has 0 bridgehead atoms. The van der Waals surface area contributed by atoms with Gasteiger partial charge < -0.3 is 25.0 Å². The lowest BCUT2D eigenvalue weighted by atomic mass is 10.1. The van der Waals surface area contributed by atoms with E-state index in [4.69, 9.17) is 21.1 Å². The minimum absolute atomic E-state index is 0.0223. The maximum absolute atomic E-state index is 11.9. The first-order valence-electron chi connectivity index (χ1n) is 9.16. The molecule has 1 heterocycles. The molecule has 1 aliphatic rings. The number of carbonyl (C=O) groups is 1. The Morgan fingerprint density at radius 2 is 2.19 bits per heavy atom. The summed E-state index contributed by atoms with van der Waals surface area (Å²) in [4.78, 5) is 18.0. The Balaban J connectivity index is 1.98. The van der Waals surface area contributed by atoms with Crippen LogP contribution in [0.4, 0.5) is 0 Å². The lowest BCUT2D eigenvalue weighted by Gasteiger charge is -2.24. The minimum atomic E-state index is -0.0223. The van der Waals surface area contributed by atoms with Gasteiger partial charge in [-0.25, -0.2) is 4.99 Å². The third kappa shape index (κ3) is 7.27. The lowest BCUT2D eigenvalue weighted by molar-refractivity contribution is -0.127. The number of likely N-dealkylation sites (N-methyl/N-ethyl adjacent to an activating group) is 1. The van der Waals surface area contributed by atoms with E-state index >= 15 is 0 Å². The van der Waals surface area contributed by atoms with E-state index in [1.54, 1.807) is 21.2 Å². The molecule has 0 saturated carbocycles. The van der Waals surface area contributed by atoms with Crippen molar-refractivity contribution < 1.29 is 14.3 Å². The Labute approximate surface area is 166 Å². The normalized spacial score (nSPS) is 17.3. The summed E-state index contributed by atoms with van der Waals surface area (Å²) in [6.45, 7) is 2.07. The Kier molecular flexibility index (Phi) is 8.67. The fourth-order valence-corrected chi connectivity index (χ4v) is 2.93. The number of carbonyl (C=O) groups excluding carboxylic acids is 1. The van der Waals surface area contributed by atoms with Crippen molar-refractivity contribution in [3.63, 3.8) is 0 Å². The molecule has 0 radical (unpaired) electrons. The quantitative estimate of drug-likeness (QED) is 0.545. The maximum Gasteiger partial charge on any atom is 0.241 e. The molecule has 1 aliphatic heterocycles. The van der Waals surface area contributed by atoms with Crippen LogP contribution in [0.2, 0.25) is 5.02 Å². The van der Waals surface area contributed by atoms with Crippen LogP contribution in [0, 0.1) is 0 Å². The van der Waals surface area contributed by atoms with Crippen molar-refractivity contribution in [1.82, 2.24) is 15.5 Å². The highest BCUT2D eigenvalue weighted by molar-refractivity contribution is 6.32. The minimum Gasteiger partial charge on any atom is -0.495 e. The predicted octanol–water partition coefficient (Wildman–Crippen LogP) is 2.04. The van der Waals surface area contributed by atoms with E-state index in [1.165, 1.54) is 11.3 Å². The Morgan fingerprint density at radius 1 is 1.37 bits per heavy atom. The number of amides is 1. The Bertz CT molecular complexity index is 646. The second-order valence-electron chi connectivity index (χ2n) is 6.64. The summed E-state index contributed by atoms with van der Waals surface area (Å²) >= 11 is 6.17. The SMILES string of the molecule is COc1ccc(CN=C(NCC(=O)N(C)C)NCC2CCCCO2)cc1Cl. The zero-order chi connectivity index (χ0) is 19.6. The van der Waals surface area contributed by atoms with Crippen molar-refractivity contribution in [2.24, 2.45) is 4.99 Å². The molecule has 1 aromatic rings. The van der Waals surface area contributed by atoms with E-state index in [2.05, 4.69) is 15.6 Å². The predicted molar refractivity (Wildman–Crippen MR) is 107 cm³/mol. The molecular formula is C19H29ClN4O3. The number of hydrogen-bond acceptors (Lipinski definition) is 4. The van der Waals surface area contributed by atoms with Gasteiger partial charge in [-0.1, -0.05) is 17.7 Å². The number of guanidine groups is 1. The molecule has 0 aromatic heterocycles. The topological polar surface area (TPSA) is 75.2 Å². The molecular weight excluding hydrogens is 368 g/mol. The number of methoxy groups -OCH3 is 1. The van der Waals surface area contributed by atoms with Gasteiger partial charge in [0.15, 0.2) is 5.96 Å². The van der Waals surface area contributed by atoms with Gasteiger partial charge in [0.05, 0.1) is 31.3 Å². The second kappa shape index (κ2) is 11.0. The standard InChI is InChI=1S/C19H29ClN4O3/c1-24(2)18(25)13-23-19(22-12-15-6-4-5-9-27-15)21-11-14-7-8-17(26-3)16(20)10-14/h7-8,10,15H,4-6,9,11-13H2,1-3H3,(H2,21,22,23). The third-order valence-corrected chi connectivity index (χ3v) is 4.61. The largest absolute Gasteiger partial charge is 0.495 e. The number of hydrogen-bond donors (Lipinski definition) is 2. The van der Waals surface area contributed by atoms with E-state index in [0.717, 1.165) is 25.0 Å². The van der Waals surface area contributed by atoms with Crippen LogP contribution in [0.15, 0.2) is 23.2 Å². The van der Waals surface area contributed by atoms with Crippen LogP contribution in [0.5, 0.6) is 5.75 Å². The number of nitrogens with zero attached hydrogens (tertiary/aromatic N) is 2. The summed E-state index contributed by atoms with van der Waals surface area (Å²) in [5.41, 5.74) is 0.953. The fourth-order valence-electron chi connectivity index (χ4n) is 2.65. The maximum atomic E-state index is 11.9. The average molecular weight is 397 g/mol. The number of nitrogens with one attached hydrogen (secondary N) is 2. The zero-order valence-corrected chi connectivity index (χ0v) is 17.0.